The van der Waals surface area contributed by atoms with E-state index in [4.69, 9.17) is 16.3 Å². The Hall–Kier alpha value is -2.74. The fourth-order valence-corrected chi connectivity index (χ4v) is 4.11. The number of para-hydroxylation sites is 1. The van der Waals surface area contributed by atoms with E-state index in [1.165, 1.54) is 5.01 Å². The Morgan fingerprint density at radius 2 is 1.77 bits per heavy atom. The molecule has 0 spiro atoms. The number of rotatable bonds is 6. The second-order valence-corrected chi connectivity index (χ2v) is 7.89. The topological polar surface area (TPSA) is 74.2 Å². The van der Waals surface area contributed by atoms with Crippen molar-refractivity contribution < 1.29 is 14.3 Å². The first-order valence-electron chi connectivity index (χ1n) is 10.4. The minimum absolute atomic E-state index is 0.0717. The largest absolute Gasteiger partial charge is 0.379 e. The lowest BCUT2D eigenvalue weighted by atomic mass is 10.0. The number of carbonyl (C=O) groups is 2. The van der Waals surface area contributed by atoms with Crippen molar-refractivity contribution in [1.82, 2.24) is 10.2 Å². The summed E-state index contributed by atoms with van der Waals surface area (Å²) in [6.45, 7) is 3.22. The summed E-state index contributed by atoms with van der Waals surface area (Å²) in [6, 6.07) is 16.8. The third-order valence-corrected chi connectivity index (χ3v) is 5.85. The molecule has 1 atom stereocenters. The summed E-state index contributed by atoms with van der Waals surface area (Å²) in [5.74, 6) is -0.385. The number of morpholine rings is 1. The molecule has 1 unspecified atom stereocenters. The Balaban J connectivity index is 1.49. The Labute approximate surface area is 186 Å². The van der Waals surface area contributed by atoms with E-state index in [0.29, 0.717) is 42.6 Å². The van der Waals surface area contributed by atoms with Crippen molar-refractivity contribution in [3.8, 4) is 0 Å². The number of amides is 2. The summed E-state index contributed by atoms with van der Waals surface area (Å²) >= 11 is 6.47. The van der Waals surface area contributed by atoms with Crippen LogP contribution in [0.1, 0.15) is 24.4 Å². The van der Waals surface area contributed by atoms with Crippen molar-refractivity contribution in [3.63, 3.8) is 0 Å². The average molecular weight is 441 g/mol. The molecule has 1 N–H and O–H groups in total. The molecule has 2 aliphatic heterocycles. The quantitative estimate of drug-likeness (QED) is 0.749. The minimum atomic E-state index is -0.265. The fourth-order valence-electron chi connectivity index (χ4n) is 3.85. The van der Waals surface area contributed by atoms with Crippen LogP contribution in [0.15, 0.2) is 59.7 Å². The molecule has 162 valence electrons. The van der Waals surface area contributed by atoms with Gasteiger partial charge in [0, 0.05) is 37.5 Å². The van der Waals surface area contributed by atoms with Crippen LogP contribution in [0.4, 0.5) is 5.69 Å². The summed E-state index contributed by atoms with van der Waals surface area (Å²) in [5.41, 5.74) is 1.97. The molecule has 2 aromatic carbocycles. The molecule has 0 bridgehead atoms. The van der Waals surface area contributed by atoms with Crippen molar-refractivity contribution in [1.29, 1.82) is 0 Å². The molecule has 0 aromatic heterocycles. The van der Waals surface area contributed by atoms with Gasteiger partial charge >= 0.3 is 0 Å². The third kappa shape index (κ3) is 5.12. The summed E-state index contributed by atoms with van der Waals surface area (Å²) in [4.78, 5) is 27.5. The highest BCUT2D eigenvalue weighted by Crippen LogP contribution is 2.28. The lowest BCUT2D eigenvalue weighted by Crippen LogP contribution is -2.46. The first-order chi connectivity index (χ1) is 15.1. The molecular formula is C23H25ClN4O3. The number of hydrazone groups is 1. The summed E-state index contributed by atoms with van der Waals surface area (Å²) < 4.78 is 5.48. The molecule has 7 nitrogen and oxygen atoms in total. The standard InChI is InChI=1S/C23H25ClN4O3/c24-19-9-5-4-8-18(19)21(27-12-14-31-15-13-27)16-25-23(30)20-10-11-22(29)28(26-20)17-6-2-1-3-7-17/h1-9,21H,10-16H2,(H,25,30). The van der Waals surface area contributed by atoms with Gasteiger partial charge < -0.3 is 10.1 Å². The van der Waals surface area contributed by atoms with Gasteiger partial charge in [0.25, 0.3) is 5.91 Å². The first-order valence-corrected chi connectivity index (χ1v) is 10.8. The maximum Gasteiger partial charge on any atom is 0.267 e. The van der Waals surface area contributed by atoms with Gasteiger partial charge in [0.05, 0.1) is 24.9 Å². The molecule has 0 saturated carbocycles. The van der Waals surface area contributed by atoms with Crippen LogP contribution in [0.25, 0.3) is 0 Å². The fraction of sp³-hybridized carbons (Fsp3) is 0.348. The Bertz CT molecular complexity index is 960. The van der Waals surface area contributed by atoms with Gasteiger partial charge in [0.15, 0.2) is 0 Å². The maximum atomic E-state index is 12.9. The number of hydrogen-bond acceptors (Lipinski definition) is 5. The van der Waals surface area contributed by atoms with Crippen molar-refractivity contribution >= 4 is 34.8 Å². The van der Waals surface area contributed by atoms with Gasteiger partial charge in [0.2, 0.25) is 5.91 Å². The zero-order valence-electron chi connectivity index (χ0n) is 17.2. The highest BCUT2D eigenvalue weighted by atomic mass is 35.5. The summed E-state index contributed by atoms with van der Waals surface area (Å²) in [7, 11) is 0. The first kappa shape index (κ1) is 21.5. The van der Waals surface area contributed by atoms with E-state index in [2.05, 4.69) is 15.3 Å². The second kappa shape index (κ2) is 10.0. The Morgan fingerprint density at radius 3 is 2.52 bits per heavy atom. The van der Waals surface area contributed by atoms with E-state index in [1.807, 2.05) is 42.5 Å². The number of nitrogens with one attached hydrogen (secondary N) is 1. The lowest BCUT2D eigenvalue weighted by molar-refractivity contribution is -0.119. The average Bonchev–Trinajstić information content (AvgIpc) is 2.82. The zero-order chi connectivity index (χ0) is 21.6. The van der Waals surface area contributed by atoms with Crippen LogP contribution >= 0.6 is 11.6 Å². The van der Waals surface area contributed by atoms with Crippen LogP contribution in [0.2, 0.25) is 5.02 Å². The number of halogens is 1. The van der Waals surface area contributed by atoms with Crippen LogP contribution in [-0.2, 0) is 14.3 Å². The van der Waals surface area contributed by atoms with Crippen molar-refractivity contribution in [2.75, 3.05) is 37.9 Å². The van der Waals surface area contributed by atoms with Crippen LogP contribution in [0, 0.1) is 0 Å². The van der Waals surface area contributed by atoms with Crippen molar-refractivity contribution in [2.45, 2.75) is 18.9 Å². The van der Waals surface area contributed by atoms with E-state index >= 15 is 0 Å². The van der Waals surface area contributed by atoms with E-state index in [9.17, 15) is 9.59 Å². The normalized spacial score (nSPS) is 18.4. The molecular weight excluding hydrogens is 416 g/mol. The monoisotopic (exact) mass is 440 g/mol. The zero-order valence-corrected chi connectivity index (χ0v) is 17.9. The number of nitrogens with zero attached hydrogens (tertiary/aromatic N) is 3. The molecule has 0 aliphatic carbocycles. The van der Waals surface area contributed by atoms with Gasteiger partial charge in [-0.15, -0.1) is 0 Å². The molecule has 2 heterocycles. The molecule has 8 heteroatoms. The summed E-state index contributed by atoms with van der Waals surface area (Å²) in [6.07, 6.45) is 0.570. The highest BCUT2D eigenvalue weighted by molar-refractivity contribution is 6.40. The number of carbonyl (C=O) groups excluding carboxylic acids is 2. The number of anilines is 1. The number of benzene rings is 2. The van der Waals surface area contributed by atoms with Crippen LogP contribution < -0.4 is 10.3 Å². The van der Waals surface area contributed by atoms with Gasteiger partial charge in [-0.05, 0) is 23.8 Å². The van der Waals surface area contributed by atoms with Gasteiger partial charge in [0.1, 0.15) is 5.71 Å². The smallest absolute Gasteiger partial charge is 0.267 e. The van der Waals surface area contributed by atoms with Gasteiger partial charge in [-0.25, -0.2) is 5.01 Å². The predicted octanol–water partition coefficient (Wildman–Crippen LogP) is 3.01. The van der Waals surface area contributed by atoms with E-state index in [0.717, 1.165) is 18.7 Å². The molecule has 1 saturated heterocycles. The highest BCUT2D eigenvalue weighted by Gasteiger charge is 2.28. The van der Waals surface area contributed by atoms with Crippen LogP contribution in [0.5, 0.6) is 0 Å². The van der Waals surface area contributed by atoms with Crippen LogP contribution in [-0.4, -0.2) is 55.3 Å². The lowest BCUT2D eigenvalue weighted by Gasteiger charge is -2.35. The SMILES string of the molecule is O=C(NCC(c1ccccc1Cl)N1CCOCC1)C1=NN(c2ccccc2)C(=O)CC1. The predicted molar refractivity (Wildman–Crippen MR) is 120 cm³/mol. The Kier molecular flexibility index (Phi) is 6.96. The van der Waals surface area contributed by atoms with Gasteiger partial charge in [-0.2, -0.15) is 5.10 Å². The molecule has 2 aromatic rings. The number of ether oxygens (including phenoxy) is 1. The van der Waals surface area contributed by atoms with Gasteiger partial charge in [-0.3, -0.25) is 14.5 Å². The molecule has 0 radical (unpaired) electrons. The third-order valence-electron chi connectivity index (χ3n) is 5.50. The minimum Gasteiger partial charge on any atom is -0.379 e. The molecule has 2 aliphatic rings. The van der Waals surface area contributed by atoms with Crippen molar-refractivity contribution in [2.24, 2.45) is 5.10 Å². The Morgan fingerprint density at radius 1 is 1.06 bits per heavy atom. The molecule has 31 heavy (non-hydrogen) atoms. The number of hydrogen-bond donors (Lipinski definition) is 1. The second-order valence-electron chi connectivity index (χ2n) is 7.48. The maximum absolute atomic E-state index is 12.9. The van der Waals surface area contributed by atoms with E-state index < -0.39 is 0 Å². The molecule has 4 rings (SSSR count). The van der Waals surface area contributed by atoms with Crippen LogP contribution in [0.3, 0.4) is 0 Å². The molecule has 1 fully saturated rings. The van der Waals surface area contributed by atoms with E-state index in [-0.39, 0.29) is 24.3 Å². The van der Waals surface area contributed by atoms with E-state index in [1.54, 1.807) is 12.1 Å². The van der Waals surface area contributed by atoms with Crippen molar-refractivity contribution in [3.05, 3.63) is 65.2 Å². The molecule has 2 amide bonds. The van der Waals surface area contributed by atoms with Gasteiger partial charge in [-0.1, -0.05) is 48.0 Å². The summed E-state index contributed by atoms with van der Waals surface area (Å²) in [5, 5.41) is 9.34.